The van der Waals surface area contributed by atoms with E-state index in [0.717, 1.165) is 15.6 Å². The molecule has 0 radical (unpaired) electrons. The summed E-state index contributed by atoms with van der Waals surface area (Å²) in [5, 5.41) is 3.19. The maximum absolute atomic E-state index is 11.9. The number of nitrogens with two attached hydrogens (primary N) is 1. The molecule has 0 spiro atoms. The van der Waals surface area contributed by atoms with Crippen LogP contribution in [0.25, 0.3) is 0 Å². The maximum atomic E-state index is 11.9. The Morgan fingerprint density at radius 1 is 1.62 bits per heavy atom. The molecule has 0 aliphatic carbocycles. The number of thiazole rings is 1. The summed E-state index contributed by atoms with van der Waals surface area (Å²) < 4.78 is 0. The third-order valence-electron chi connectivity index (χ3n) is 2.86. The van der Waals surface area contributed by atoms with E-state index in [1.807, 2.05) is 6.92 Å². The predicted molar refractivity (Wildman–Crippen MR) is 58.4 cm³/mol. The second-order valence-corrected chi connectivity index (χ2v) is 4.46. The molecule has 7 heteroatoms. The third-order valence-corrected chi connectivity index (χ3v) is 3.94. The zero-order chi connectivity index (χ0) is 11.9. The molecule has 1 unspecified atom stereocenters. The molecule has 1 aliphatic rings. The molecule has 16 heavy (non-hydrogen) atoms. The van der Waals surface area contributed by atoms with Crippen LogP contribution in [0, 0.1) is 6.92 Å². The van der Waals surface area contributed by atoms with Gasteiger partial charge in [0.15, 0.2) is 5.54 Å². The lowest BCUT2D eigenvalue weighted by Gasteiger charge is -2.29. The Morgan fingerprint density at radius 2 is 2.31 bits per heavy atom. The van der Waals surface area contributed by atoms with Crippen LogP contribution < -0.4 is 11.2 Å². The molecule has 86 valence electrons. The monoisotopic (exact) mass is 240 g/mol. The van der Waals surface area contributed by atoms with Crippen molar-refractivity contribution < 1.29 is 9.59 Å². The summed E-state index contributed by atoms with van der Waals surface area (Å²) in [6.45, 7) is 3.62. The van der Waals surface area contributed by atoms with Gasteiger partial charge >= 0.3 is 6.03 Å². The average molecular weight is 240 g/mol. The predicted octanol–water partition coefficient (Wildman–Crippen LogP) is 0.482. The molecule has 0 saturated carbocycles. The molecule has 0 aromatic carbocycles. The fraction of sp³-hybridized carbons (Fsp3) is 0.444. The van der Waals surface area contributed by atoms with Crippen molar-refractivity contribution in [2.24, 2.45) is 5.84 Å². The first-order valence-corrected chi connectivity index (χ1v) is 5.73. The Balaban J connectivity index is 2.60. The number of hydrazine groups is 1. The standard InChI is InChI=1S/C9H12N4O2S/c1-3-9(6-5(2)11-4-16-6)7(14)12-8(15)13(9)10/h4H,3,10H2,1-2H3,(H,12,14,15). The minimum atomic E-state index is -1.09. The number of rotatable bonds is 2. The van der Waals surface area contributed by atoms with Crippen molar-refractivity contribution >= 4 is 23.3 Å². The van der Waals surface area contributed by atoms with Gasteiger partial charge in [0.05, 0.1) is 16.1 Å². The van der Waals surface area contributed by atoms with Gasteiger partial charge in [0.2, 0.25) is 0 Å². The highest BCUT2D eigenvalue weighted by molar-refractivity contribution is 7.10. The van der Waals surface area contributed by atoms with Crippen LogP contribution in [-0.2, 0) is 10.3 Å². The number of nitrogens with one attached hydrogen (secondary N) is 1. The molecule has 3 N–H and O–H groups in total. The molecule has 1 aliphatic heterocycles. The third kappa shape index (κ3) is 1.18. The van der Waals surface area contributed by atoms with Gasteiger partial charge in [-0.1, -0.05) is 6.92 Å². The molecule has 6 nitrogen and oxygen atoms in total. The molecule has 1 aromatic heterocycles. The molecular formula is C9H12N4O2S. The van der Waals surface area contributed by atoms with Crippen LogP contribution in [0.2, 0.25) is 0 Å². The molecule has 1 saturated heterocycles. The molecule has 0 bridgehead atoms. The molecule has 2 rings (SSSR count). The summed E-state index contributed by atoms with van der Waals surface area (Å²) in [4.78, 5) is 28.2. The van der Waals surface area contributed by atoms with Gasteiger partial charge in [-0.2, -0.15) is 0 Å². The average Bonchev–Trinajstić information content (AvgIpc) is 2.74. The van der Waals surface area contributed by atoms with Crippen molar-refractivity contribution in [3.05, 3.63) is 16.1 Å². The van der Waals surface area contributed by atoms with Gasteiger partial charge in [-0.05, 0) is 13.3 Å². The summed E-state index contributed by atoms with van der Waals surface area (Å²) in [5.74, 6) is 5.32. The number of hydrogen-bond acceptors (Lipinski definition) is 5. The topological polar surface area (TPSA) is 88.3 Å². The first-order chi connectivity index (χ1) is 7.54. The van der Waals surface area contributed by atoms with E-state index in [-0.39, 0.29) is 5.91 Å². The molecule has 1 atom stereocenters. The van der Waals surface area contributed by atoms with E-state index in [1.54, 1.807) is 12.4 Å². The van der Waals surface area contributed by atoms with Gasteiger partial charge in [0.25, 0.3) is 5.91 Å². The second kappa shape index (κ2) is 3.53. The maximum Gasteiger partial charge on any atom is 0.339 e. The smallest absolute Gasteiger partial charge is 0.274 e. The number of aromatic nitrogens is 1. The number of carbonyl (C=O) groups is 2. The van der Waals surface area contributed by atoms with Crippen molar-refractivity contribution in [1.29, 1.82) is 0 Å². The van der Waals surface area contributed by atoms with Crippen LogP contribution in [0.4, 0.5) is 4.79 Å². The Bertz CT molecular complexity index is 458. The summed E-state index contributed by atoms with van der Waals surface area (Å²) in [6, 6.07) is -0.570. The van der Waals surface area contributed by atoms with Gasteiger partial charge in [0.1, 0.15) is 0 Å². The van der Waals surface area contributed by atoms with Crippen molar-refractivity contribution in [2.45, 2.75) is 25.8 Å². The molecule has 3 amide bonds. The lowest BCUT2D eigenvalue weighted by molar-refractivity contribution is -0.127. The quantitative estimate of drug-likeness (QED) is 0.447. The SMILES string of the molecule is CCC1(c2scnc2C)C(=O)NC(=O)N1N. The Labute approximate surface area is 96.4 Å². The number of imide groups is 1. The largest absolute Gasteiger partial charge is 0.339 e. The Hall–Kier alpha value is -1.47. The summed E-state index contributed by atoms with van der Waals surface area (Å²) in [6.07, 6.45) is 0.421. The van der Waals surface area contributed by atoms with Crippen molar-refractivity contribution in [3.8, 4) is 0 Å². The fourth-order valence-electron chi connectivity index (χ4n) is 1.95. The normalized spacial score (nSPS) is 25.1. The number of hydrogen-bond donors (Lipinski definition) is 2. The summed E-state index contributed by atoms with van der Waals surface area (Å²) in [7, 11) is 0. The highest BCUT2D eigenvalue weighted by atomic mass is 32.1. The zero-order valence-corrected chi connectivity index (χ0v) is 9.80. The van der Waals surface area contributed by atoms with Crippen LogP contribution in [0.3, 0.4) is 0 Å². The molecule has 1 fully saturated rings. The van der Waals surface area contributed by atoms with E-state index >= 15 is 0 Å². The first kappa shape index (κ1) is 11.0. The Kier molecular flexibility index (Phi) is 2.43. The van der Waals surface area contributed by atoms with Crippen LogP contribution in [0.1, 0.15) is 23.9 Å². The van der Waals surface area contributed by atoms with E-state index in [2.05, 4.69) is 10.3 Å². The highest BCUT2D eigenvalue weighted by Crippen LogP contribution is 2.37. The highest BCUT2D eigenvalue weighted by Gasteiger charge is 2.53. The molecule has 2 heterocycles. The molecular weight excluding hydrogens is 228 g/mol. The van der Waals surface area contributed by atoms with Crippen LogP contribution in [-0.4, -0.2) is 21.9 Å². The zero-order valence-electron chi connectivity index (χ0n) is 8.98. The lowest BCUT2D eigenvalue weighted by Crippen LogP contribution is -2.50. The van der Waals surface area contributed by atoms with Crippen molar-refractivity contribution in [3.63, 3.8) is 0 Å². The van der Waals surface area contributed by atoms with E-state index in [1.165, 1.54) is 11.3 Å². The van der Waals surface area contributed by atoms with E-state index in [0.29, 0.717) is 6.42 Å². The Morgan fingerprint density at radius 3 is 2.69 bits per heavy atom. The van der Waals surface area contributed by atoms with Gasteiger partial charge in [-0.3, -0.25) is 10.1 Å². The van der Waals surface area contributed by atoms with Crippen molar-refractivity contribution in [2.75, 3.05) is 0 Å². The number of aryl methyl sites for hydroxylation is 1. The van der Waals surface area contributed by atoms with Crippen molar-refractivity contribution in [1.82, 2.24) is 15.3 Å². The summed E-state index contributed by atoms with van der Waals surface area (Å²) >= 11 is 1.33. The number of urea groups is 1. The van der Waals surface area contributed by atoms with Gasteiger partial charge in [0, 0.05) is 0 Å². The van der Waals surface area contributed by atoms with Gasteiger partial charge < -0.3 is 0 Å². The second-order valence-electron chi connectivity index (χ2n) is 3.61. The summed E-state index contributed by atoms with van der Waals surface area (Å²) in [5.41, 5.74) is 1.28. The lowest BCUT2D eigenvalue weighted by atomic mass is 9.92. The fourth-order valence-corrected chi connectivity index (χ4v) is 3.02. The minimum Gasteiger partial charge on any atom is -0.274 e. The number of carbonyl (C=O) groups excluding carboxylic acids is 2. The van der Waals surface area contributed by atoms with Crippen LogP contribution in [0.15, 0.2) is 5.51 Å². The number of amides is 3. The number of nitrogens with zero attached hydrogens (tertiary/aromatic N) is 2. The van der Waals surface area contributed by atoms with Gasteiger partial charge in [-0.15, -0.1) is 11.3 Å². The van der Waals surface area contributed by atoms with Crippen LogP contribution in [0.5, 0.6) is 0 Å². The van der Waals surface area contributed by atoms with Crippen LogP contribution >= 0.6 is 11.3 Å². The van der Waals surface area contributed by atoms with E-state index in [4.69, 9.17) is 5.84 Å². The van der Waals surface area contributed by atoms with Gasteiger partial charge in [-0.25, -0.2) is 20.6 Å². The minimum absolute atomic E-state index is 0.380. The molecule has 1 aromatic rings. The van der Waals surface area contributed by atoms with E-state index in [9.17, 15) is 9.59 Å². The first-order valence-electron chi connectivity index (χ1n) is 4.85. The van der Waals surface area contributed by atoms with E-state index < -0.39 is 11.6 Å².